The normalized spacial score (nSPS) is 13.8. The first kappa shape index (κ1) is 14.5. The van der Waals surface area contributed by atoms with Crippen LogP contribution in [0.2, 0.25) is 0 Å². The number of hydrogen-bond donors (Lipinski definition) is 1. The first-order valence-corrected chi connectivity index (χ1v) is 5.21. The molecule has 0 saturated heterocycles. The Hall–Kier alpha value is -1.52. The monoisotopic (exact) mass is 230 g/mol. The molecule has 0 aromatic heterocycles. The van der Waals surface area contributed by atoms with Crippen LogP contribution in [0.4, 0.5) is 0 Å². The van der Waals surface area contributed by atoms with Crippen LogP contribution in [0, 0.1) is 0 Å². The standard InChI is InChI=1S/C11H18O5/c1-5-7(3)16-11(14)9(10(12)13)8(4)15-6-2/h7H,5-6H2,1-4H3,(H,12,13). The Kier molecular flexibility index (Phi) is 6.22. The summed E-state index contributed by atoms with van der Waals surface area (Å²) in [4.78, 5) is 22.4. The fourth-order valence-electron chi connectivity index (χ4n) is 0.995. The number of carboxylic acid groups (broad SMARTS) is 1. The quantitative estimate of drug-likeness (QED) is 0.247. The second-order valence-electron chi connectivity index (χ2n) is 3.29. The van der Waals surface area contributed by atoms with Gasteiger partial charge >= 0.3 is 11.9 Å². The summed E-state index contributed by atoms with van der Waals surface area (Å²) in [7, 11) is 0. The van der Waals surface area contributed by atoms with Crippen LogP contribution in [0.15, 0.2) is 11.3 Å². The van der Waals surface area contributed by atoms with Gasteiger partial charge in [0.25, 0.3) is 0 Å². The average Bonchev–Trinajstić information content (AvgIpc) is 2.17. The number of hydrogen-bond acceptors (Lipinski definition) is 4. The van der Waals surface area contributed by atoms with Crippen molar-refractivity contribution in [2.75, 3.05) is 6.61 Å². The Labute approximate surface area is 95.0 Å². The summed E-state index contributed by atoms with van der Waals surface area (Å²) in [6.45, 7) is 7.00. The van der Waals surface area contributed by atoms with E-state index in [4.69, 9.17) is 14.6 Å². The summed E-state index contributed by atoms with van der Waals surface area (Å²) < 4.78 is 9.93. The number of carbonyl (C=O) groups is 2. The van der Waals surface area contributed by atoms with E-state index in [9.17, 15) is 9.59 Å². The maximum atomic E-state index is 11.5. The number of allylic oxidation sites excluding steroid dienone is 1. The Morgan fingerprint density at radius 1 is 1.31 bits per heavy atom. The lowest BCUT2D eigenvalue weighted by molar-refractivity contribution is -0.148. The third-order valence-corrected chi connectivity index (χ3v) is 2.01. The highest BCUT2D eigenvalue weighted by molar-refractivity contribution is 6.13. The van der Waals surface area contributed by atoms with Gasteiger partial charge in [-0.2, -0.15) is 0 Å². The summed E-state index contributed by atoms with van der Waals surface area (Å²) >= 11 is 0. The number of carbonyl (C=O) groups excluding carboxylic acids is 1. The zero-order chi connectivity index (χ0) is 12.7. The SMILES string of the molecule is CCOC(C)=C(C(=O)O)C(=O)OC(C)CC. The minimum Gasteiger partial charge on any atom is -0.497 e. The summed E-state index contributed by atoms with van der Waals surface area (Å²) in [5, 5.41) is 8.89. The molecule has 0 rings (SSSR count). The molecule has 0 bridgehead atoms. The number of carboxylic acids is 1. The minimum atomic E-state index is -1.33. The molecule has 0 aromatic rings. The zero-order valence-electron chi connectivity index (χ0n) is 10.1. The Morgan fingerprint density at radius 2 is 1.88 bits per heavy atom. The predicted molar refractivity (Wildman–Crippen MR) is 57.8 cm³/mol. The van der Waals surface area contributed by atoms with Gasteiger partial charge < -0.3 is 14.6 Å². The lowest BCUT2D eigenvalue weighted by Crippen LogP contribution is -2.22. The van der Waals surface area contributed by atoms with E-state index < -0.39 is 17.5 Å². The van der Waals surface area contributed by atoms with Gasteiger partial charge in [-0.1, -0.05) is 6.92 Å². The summed E-state index contributed by atoms with van der Waals surface area (Å²) in [5.41, 5.74) is -0.442. The third kappa shape index (κ3) is 4.33. The van der Waals surface area contributed by atoms with Crippen LogP contribution < -0.4 is 0 Å². The summed E-state index contributed by atoms with van der Waals surface area (Å²) in [6, 6.07) is 0. The number of ether oxygens (including phenoxy) is 2. The Balaban J connectivity index is 4.86. The van der Waals surface area contributed by atoms with Gasteiger partial charge in [0.05, 0.1) is 12.7 Å². The molecule has 16 heavy (non-hydrogen) atoms. The van der Waals surface area contributed by atoms with Gasteiger partial charge in [-0.15, -0.1) is 0 Å². The fraction of sp³-hybridized carbons (Fsp3) is 0.636. The topological polar surface area (TPSA) is 72.8 Å². The van der Waals surface area contributed by atoms with Gasteiger partial charge in [-0.05, 0) is 27.2 Å². The molecule has 0 amide bonds. The molecule has 0 fully saturated rings. The van der Waals surface area contributed by atoms with Gasteiger partial charge in [-0.3, -0.25) is 0 Å². The van der Waals surface area contributed by atoms with E-state index in [-0.39, 0.29) is 11.9 Å². The molecule has 0 saturated carbocycles. The Bertz CT molecular complexity index is 293. The molecule has 0 aliphatic carbocycles. The van der Waals surface area contributed by atoms with Crippen LogP contribution in [0.5, 0.6) is 0 Å². The molecule has 1 N–H and O–H groups in total. The van der Waals surface area contributed by atoms with Gasteiger partial charge in [0.15, 0.2) is 5.57 Å². The number of rotatable bonds is 6. The largest absolute Gasteiger partial charge is 0.497 e. The summed E-state index contributed by atoms with van der Waals surface area (Å²) in [6.07, 6.45) is 0.322. The predicted octanol–water partition coefficient (Wildman–Crippen LogP) is 1.72. The van der Waals surface area contributed by atoms with E-state index in [1.165, 1.54) is 6.92 Å². The first-order valence-electron chi connectivity index (χ1n) is 5.21. The van der Waals surface area contributed by atoms with Crippen molar-refractivity contribution in [1.82, 2.24) is 0 Å². The van der Waals surface area contributed by atoms with Crippen LogP contribution >= 0.6 is 0 Å². The molecule has 0 heterocycles. The van der Waals surface area contributed by atoms with Crippen molar-refractivity contribution in [3.63, 3.8) is 0 Å². The first-order chi connectivity index (χ1) is 7.43. The van der Waals surface area contributed by atoms with E-state index in [1.54, 1.807) is 13.8 Å². The van der Waals surface area contributed by atoms with Crippen LogP contribution in [0.25, 0.3) is 0 Å². The highest BCUT2D eigenvalue weighted by Crippen LogP contribution is 2.10. The molecule has 0 aliphatic rings. The number of aliphatic carboxylic acids is 1. The molecular weight excluding hydrogens is 212 g/mol. The molecule has 5 nitrogen and oxygen atoms in total. The molecule has 92 valence electrons. The maximum absolute atomic E-state index is 11.5. The number of esters is 1. The molecule has 0 radical (unpaired) electrons. The van der Waals surface area contributed by atoms with Gasteiger partial charge in [0.1, 0.15) is 5.76 Å². The van der Waals surface area contributed by atoms with Gasteiger partial charge in [-0.25, -0.2) is 9.59 Å². The molecule has 0 aromatic carbocycles. The van der Waals surface area contributed by atoms with Gasteiger partial charge in [0, 0.05) is 0 Å². The highest BCUT2D eigenvalue weighted by atomic mass is 16.5. The van der Waals surface area contributed by atoms with Crippen molar-refractivity contribution in [3.05, 3.63) is 11.3 Å². The van der Waals surface area contributed by atoms with Crippen molar-refractivity contribution in [2.45, 2.75) is 40.2 Å². The van der Waals surface area contributed by atoms with Crippen molar-refractivity contribution in [3.8, 4) is 0 Å². The van der Waals surface area contributed by atoms with Crippen molar-refractivity contribution >= 4 is 11.9 Å². The van der Waals surface area contributed by atoms with Crippen LogP contribution in [0.1, 0.15) is 34.1 Å². The molecule has 1 atom stereocenters. The smallest absolute Gasteiger partial charge is 0.349 e. The van der Waals surface area contributed by atoms with E-state index in [1.807, 2.05) is 6.92 Å². The molecule has 0 aliphatic heterocycles. The molecule has 1 unspecified atom stereocenters. The second kappa shape index (κ2) is 6.87. The third-order valence-electron chi connectivity index (χ3n) is 2.01. The van der Waals surface area contributed by atoms with Crippen LogP contribution in [0.3, 0.4) is 0 Å². The van der Waals surface area contributed by atoms with Crippen molar-refractivity contribution < 1.29 is 24.2 Å². The maximum Gasteiger partial charge on any atom is 0.349 e. The van der Waals surface area contributed by atoms with Crippen LogP contribution in [-0.4, -0.2) is 29.8 Å². The molecule has 5 heteroatoms. The highest BCUT2D eigenvalue weighted by Gasteiger charge is 2.24. The van der Waals surface area contributed by atoms with E-state index in [2.05, 4.69) is 0 Å². The zero-order valence-corrected chi connectivity index (χ0v) is 10.1. The van der Waals surface area contributed by atoms with E-state index in [0.29, 0.717) is 13.0 Å². The lowest BCUT2D eigenvalue weighted by Gasteiger charge is -2.12. The average molecular weight is 230 g/mol. The second-order valence-corrected chi connectivity index (χ2v) is 3.29. The molecular formula is C11H18O5. The van der Waals surface area contributed by atoms with E-state index in [0.717, 1.165) is 0 Å². The fourth-order valence-corrected chi connectivity index (χ4v) is 0.995. The lowest BCUT2D eigenvalue weighted by atomic mass is 10.2. The van der Waals surface area contributed by atoms with Gasteiger partial charge in [0.2, 0.25) is 0 Å². The van der Waals surface area contributed by atoms with Crippen molar-refractivity contribution in [1.29, 1.82) is 0 Å². The summed E-state index contributed by atoms with van der Waals surface area (Å²) in [5.74, 6) is -2.12. The van der Waals surface area contributed by atoms with Crippen LogP contribution in [-0.2, 0) is 19.1 Å². The van der Waals surface area contributed by atoms with E-state index >= 15 is 0 Å². The molecule has 0 spiro atoms. The Morgan fingerprint density at radius 3 is 2.25 bits per heavy atom. The van der Waals surface area contributed by atoms with Crippen molar-refractivity contribution in [2.24, 2.45) is 0 Å². The minimum absolute atomic E-state index is 0.0725.